The van der Waals surface area contributed by atoms with Crippen molar-refractivity contribution in [1.29, 1.82) is 0 Å². The van der Waals surface area contributed by atoms with E-state index in [1.54, 1.807) is 0 Å². The molecule has 1 aliphatic carbocycles. The van der Waals surface area contributed by atoms with E-state index in [2.05, 4.69) is 15.1 Å². The molecule has 1 amide bonds. The highest BCUT2D eigenvalue weighted by molar-refractivity contribution is 5.92. The summed E-state index contributed by atoms with van der Waals surface area (Å²) in [6.45, 7) is 2.09. The summed E-state index contributed by atoms with van der Waals surface area (Å²) in [6.07, 6.45) is 8.40. The summed E-state index contributed by atoms with van der Waals surface area (Å²) in [5.41, 5.74) is 0.464. The minimum absolute atomic E-state index is 0.00220. The molecule has 5 nitrogen and oxygen atoms in total. The monoisotopic (exact) mass is 288 g/mol. The molecular formula is C16H24N4O. The van der Waals surface area contributed by atoms with Crippen LogP contribution < -0.4 is 4.90 Å². The zero-order valence-corrected chi connectivity index (χ0v) is 12.8. The Morgan fingerprint density at radius 3 is 2.43 bits per heavy atom. The molecule has 1 aliphatic heterocycles. The third-order valence-electron chi connectivity index (χ3n) is 4.74. The Labute approximate surface area is 126 Å². The van der Waals surface area contributed by atoms with E-state index in [1.165, 1.54) is 32.1 Å². The molecule has 0 bridgehead atoms. The molecule has 5 heteroatoms. The number of amides is 1. The number of carbonyl (C=O) groups is 1. The molecule has 114 valence electrons. The predicted octanol–water partition coefficient (Wildman–Crippen LogP) is 2.48. The second kappa shape index (κ2) is 6.41. The molecule has 0 spiro atoms. The quantitative estimate of drug-likeness (QED) is 0.857. The maximum atomic E-state index is 12.5. The maximum absolute atomic E-state index is 12.5. The lowest BCUT2D eigenvalue weighted by Gasteiger charge is -2.30. The fourth-order valence-corrected chi connectivity index (χ4v) is 3.37. The molecule has 1 aromatic heterocycles. The van der Waals surface area contributed by atoms with Gasteiger partial charge in [-0.2, -0.15) is 0 Å². The van der Waals surface area contributed by atoms with Gasteiger partial charge < -0.3 is 9.80 Å². The molecule has 1 saturated carbocycles. The SMILES string of the molecule is CN(C(=O)c1ccc(N2CCCC2)nn1)C1CCCCC1. The lowest BCUT2D eigenvalue weighted by atomic mass is 9.94. The molecule has 0 N–H and O–H groups in total. The van der Waals surface area contributed by atoms with Gasteiger partial charge in [0.1, 0.15) is 0 Å². The zero-order chi connectivity index (χ0) is 14.7. The summed E-state index contributed by atoms with van der Waals surface area (Å²) >= 11 is 0. The number of aromatic nitrogens is 2. The molecule has 0 radical (unpaired) electrons. The topological polar surface area (TPSA) is 49.3 Å². The molecule has 2 fully saturated rings. The fourth-order valence-electron chi connectivity index (χ4n) is 3.37. The van der Waals surface area contributed by atoms with E-state index in [9.17, 15) is 4.79 Å². The van der Waals surface area contributed by atoms with Gasteiger partial charge in [-0.15, -0.1) is 10.2 Å². The van der Waals surface area contributed by atoms with Crippen LogP contribution in [0.5, 0.6) is 0 Å². The largest absolute Gasteiger partial charge is 0.355 e. The number of hydrogen-bond donors (Lipinski definition) is 0. The Bertz CT molecular complexity index is 476. The Morgan fingerprint density at radius 1 is 1.10 bits per heavy atom. The van der Waals surface area contributed by atoms with Crippen LogP contribution in [-0.4, -0.2) is 47.2 Å². The van der Waals surface area contributed by atoms with Crippen LogP contribution >= 0.6 is 0 Å². The molecule has 3 rings (SSSR count). The van der Waals surface area contributed by atoms with Crippen LogP contribution in [0.4, 0.5) is 5.82 Å². The van der Waals surface area contributed by atoms with E-state index < -0.39 is 0 Å². The Balaban J connectivity index is 1.66. The zero-order valence-electron chi connectivity index (χ0n) is 12.8. The fraction of sp³-hybridized carbons (Fsp3) is 0.688. The van der Waals surface area contributed by atoms with E-state index in [0.29, 0.717) is 11.7 Å². The highest BCUT2D eigenvalue weighted by Gasteiger charge is 2.24. The molecule has 0 aromatic carbocycles. The summed E-state index contributed by atoms with van der Waals surface area (Å²) in [6, 6.07) is 4.12. The van der Waals surface area contributed by atoms with Crippen LogP contribution in [0.2, 0.25) is 0 Å². The first-order chi connectivity index (χ1) is 10.3. The third kappa shape index (κ3) is 3.17. The van der Waals surface area contributed by atoms with Gasteiger partial charge in [0.2, 0.25) is 0 Å². The second-order valence-corrected chi connectivity index (χ2v) is 6.18. The van der Waals surface area contributed by atoms with Gasteiger partial charge in [0.15, 0.2) is 11.5 Å². The molecule has 0 unspecified atom stereocenters. The minimum atomic E-state index is 0.00220. The van der Waals surface area contributed by atoms with Crippen molar-refractivity contribution in [3.8, 4) is 0 Å². The number of carbonyl (C=O) groups excluding carboxylic acids is 1. The highest BCUT2D eigenvalue weighted by atomic mass is 16.2. The van der Waals surface area contributed by atoms with Crippen LogP contribution in [0, 0.1) is 0 Å². The van der Waals surface area contributed by atoms with Gasteiger partial charge in [-0.1, -0.05) is 19.3 Å². The normalized spacial score (nSPS) is 19.8. The summed E-state index contributed by atoms with van der Waals surface area (Å²) in [4.78, 5) is 16.6. The van der Waals surface area contributed by atoms with Gasteiger partial charge >= 0.3 is 0 Å². The lowest BCUT2D eigenvalue weighted by Crippen LogP contribution is -2.38. The summed E-state index contributed by atoms with van der Waals surface area (Å²) < 4.78 is 0. The molecule has 21 heavy (non-hydrogen) atoms. The van der Waals surface area contributed by atoms with E-state index in [0.717, 1.165) is 31.7 Å². The second-order valence-electron chi connectivity index (χ2n) is 6.18. The van der Waals surface area contributed by atoms with Crippen LogP contribution in [-0.2, 0) is 0 Å². The van der Waals surface area contributed by atoms with Crippen molar-refractivity contribution in [1.82, 2.24) is 15.1 Å². The average molecular weight is 288 g/mol. The van der Waals surface area contributed by atoms with Crippen molar-refractivity contribution in [2.75, 3.05) is 25.0 Å². The predicted molar refractivity (Wildman–Crippen MR) is 82.4 cm³/mol. The van der Waals surface area contributed by atoms with Gasteiger partial charge in [0.05, 0.1) is 0 Å². The van der Waals surface area contributed by atoms with Gasteiger partial charge in [-0.3, -0.25) is 4.79 Å². The van der Waals surface area contributed by atoms with E-state index in [-0.39, 0.29) is 5.91 Å². The van der Waals surface area contributed by atoms with Crippen molar-refractivity contribution in [2.45, 2.75) is 51.0 Å². The smallest absolute Gasteiger partial charge is 0.274 e. The number of rotatable bonds is 3. The average Bonchev–Trinajstić information content (AvgIpc) is 3.09. The van der Waals surface area contributed by atoms with Gasteiger partial charge in [0.25, 0.3) is 5.91 Å². The van der Waals surface area contributed by atoms with Gasteiger partial charge in [-0.25, -0.2) is 0 Å². The molecule has 1 saturated heterocycles. The number of hydrogen-bond acceptors (Lipinski definition) is 4. The first kappa shape index (κ1) is 14.3. The van der Waals surface area contributed by atoms with Crippen LogP contribution in [0.25, 0.3) is 0 Å². The van der Waals surface area contributed by atoms with Crippen LogP contribution in [0.15, 0.2) is 12.1 Å². The molecular weight excluding hydrogens is 264 g/mol. The van der Waals surface area contributed by atoms with Crippen molar-refractivity contribution >= 4 is 11.7 Å². The Morgan fingerprint density at radius 2 is 1.81 bits per heavy atom. The molecule has 1 aromatic rings. The number of anilines is 1. The third-order valence-corrected chi connectivity index (χ3v) is 4.74. The Hall–Kier alpha value is -1.65. The van der Waals surface area contributed by atoms with E-state index >= 15 is 0 Å². The first-order valence-electron chi connectivity index (χ1n) is 8.11. The van der Waals surface area contributed by atoms with Crippen LogP contribution in [0.3, 0.4) is 0 Å². The molecule has 0 atom stereocenters. The van der Waals surface area contributed by atoms with Gasteiger partial charge in [-0.05, 0) is 37.8 Å². The lowest BCUT2D eigenvalue weighted by molar-refractivity contribution is 0.0689. The van der Waals surface area contributed by atoms with Crippen LogP contribution in [0.1, 0.15) is 55.4 Å². The van der Waals surface area contributed by atoms with E-state index in [1.807, 2.05) is 24.1 Å². The van der Waals surface area contributed by atoms with Crippen molar-refractivity contribution in [2.24, 2.45) is 0 Å². The summed E-state index contributed by atoms with van der Waals surface area (Å²) in [7, 11) is 1.90. The summed E-state index contributed by atoms with van der Waals surface area (Å²) in [5, 5.41) is 8.39. The minimum Gasteiger partial charge on any atom is -0.355 e. The van der Waals surface area contributed by atoms with Crippen molar-refractivity contribution < 1.29 is 4.79 Å². The van der Waals surface area contributed by atoms with E-state index in [4.69, 9.17) is 0 Å². The highest BCUT2D eigenvalue weighted by Crippen LogP contribution is 2.23. The molecule has 2 heterocycles. The number of nitrogens with zero attached hydrogens (tertiary/aromatic N) is 4. The Kier molecular flexibility index (Phi) is 4.36. The van der Waals surface area contributed by atoms with Crippen molar-refractivity contribution in [3.05, 3.63) is 17.8 Å². The van der Waals surface area contributed by atoms with Gasteiger partial charge in [0, 0.05) is 26.2 Å². The maximum Gasteiger partial charge on any atom is 0.274 e. The summed E-state index contributed by atoms with van der Waals surface area (Å²) in [5.74, 6) is 0.895. The molecule has 2 aliphatic rings. The standard InChI is InChI=1S/C16H24N4O/c1-19(13-7-3-2-4-8-13)16(21)14-9-10-15(18-17-14)20-11-5-6-12-20/h9-10,13H,2-8,11-12H2,1H3. The van der Waals surface area contributed by atoms with Crippen molar-refractivity contribution in [3.63, 3.8) is 0 Å². The first-order valence-corrected chi connectivity index (χ1v) is 8.11.